The summed E-state index contributed by atoms with van der Waals surface area (Å²) in [6.45, 7) is 0.203. The van der Waals surface area contributed by atoms with Crippen LogP contribution in [0.3, 0.4) is 0 Å². The van der Waals surface area contributed by atoms with Gasteiger partial charge in [-0.05, 0) is 53.4 Å². The molecule has 0 aliphatic carbocycles. The van der Waals surface area contributed by atoms with Crippen LogP contribution in [0, 0.1) is 0 Å². The summed E-state index contributed by atoms with van der Waals surface area (Å²) in [5.74, 6) is 0. The Bertz CT molecular complexity index is 2410. The zero-order valence-electron chi connectivity index (χ0n) is 22.5. The van der Waals surface area contributed by atoms with Crippen molar-refractivity contribution in [3.63, 3.8) is 0 Å². The number of nitrogens with one attached hydrogen (secondary N) is 1. The van der Waals surface area contributed by atoms with Crippen LogP contribution in [0.2, 0.25) is 0 Å². The number of aromatic nitrogens is 3. The predicted octanol–water partition coefficient (Wildman–Crippen LogP) is 6.02. The van der Waals surface area contributed by atoms with Gasteiger partial charge in [0.05, 0.1) is 28.5 Å². The topological polar surface area (TPSA) is 94.4 Å². The summed E-state index contributed by atoms with van der Waals surface area (Å²) in [6, 6.07) is 37.0. The third-order valence-corrected chi connectivity index (χ3v) is 8.11. The standard InChI is InChI=1S/C35H25N5O2/c36-32(37-22-12-5-2-6-13-22)27-18-25-23-14-9-15-24-31(23)26(35(42)39(34(24)41)20-21-10-3-1-4-11-21)19-30(25)40-29-17-8-7-16-28(29)38-33(27)40/h1-19,32,37H,20,36H2. The van der Waals surface area contributed by atoms with Gasteiger partial charge in [0.2, 0.25) is 0 Å². The van der Waals surface area contributed by atoms with Gasteiger partial charge < -0.3 is 11.1 Å². The monoisotopic (exact) mass is 547 g/mol. The van der Waals surface area contributed by atoms with E-state index in [1.54, 1.807) is 6.07 Å². The summed E-state index contributed by atoms with van der Waals surface area (Å²) >= 11 is 0. The lowest BCUT2D eigenvalue weighted by molar-refractivity contribution is 0.744. The van der Waals surface area contributed by atoms with Crippen LogP contribution in [-0.2, 0) is 6.54 Å². The minimum atomic E-state index is -0.563. The minimum absolute atomic E-state index is 0.203. The number of anilines is 1. The van der Waals surface area contributed by atoms with Gasteiger partial charge in [0, 0.05) is 27.4 Å². The van der Waals surface area contributed by atoms with Crippen molar-refractivity contribution in [1.29, 1.82) is 0 Å². The Labute approximate surface area is 239 Å². The second-order valence-electron chi connectivity index (χ2n) is 10.6. The number of imidazole rings is 1. The van der Waals surface area contributed by atoms with Crippen LogP contribution in [0.5, 0.6) is 0 Å². The molecule has 0 aliphatic heterocycles. The van der Waals surface area contributed by atoms with E-state index < -0.39 is 6.17 Å². The van der Waals surface area contributed by atoms with Crippen molar-refractivity contribution in [2.24, 2.45) is 5.73 Å². The molecule has 1 unspecified atom stereocenters. The molecule has 3 heterocycles. The summed E-state index contributed by atoms with van der Waals surface area (Å²) in [7, 11) is 0. The summed E-state index contributed by atoms with van der Waals surface area (Å²) in [4.78, 5) is 32.8. The first kappa shape index (κ1) is 24.3. The highest BCUT2D eigenvalue weighted by Crippen LogP contribution is 2.36. The molecular weight excluding hydrogens is 522 g/mol. The van der Waals surface area contributed by atoms with Crippen molar-refractivity contribution < 1.29 is 0 Å². The highest BCUT2D eigenvalue weighted by atomic mass is 16.2. The zero-order valence-corrected chi connectivity index (χ0v) is 22.5. The number of para-hydroxylation sites is 3. The van der Waals surface area contributed by atoms with Gasteiger partial charge in [0.25, 0.3) is 11.1 Å². The van der Waals surface area contributed by atoms with Gasteiger partial charge in [-0.2, -0.15) is 0 Å². The van der Waals surface area contributed by atoms with Crippen LogP contribution in [0.1, 0.15) is 17.3 Å². The van der Waals surface area contributed by atoms with E-state index in [0.717, 1.165) is 44.1 Å². The normalized spacial score (nSPS) is 12.6. The summed E-state index contributed by atoms with van der Waals surface area (Å²) < 4.78 is 3.43. The van der Waals surface area contributed by atoms with Crippen molar-refractivity contribution in [2.45, 2.75) is 12.7 Å². The van der Waals surface area contributed by atoms with Gasteiger partial charge >= 0.3 is 0 Å². The second-order valence-corrected chi connectivity index (χ2v) is 10.6. The lowest BCUT2D eigenvalue weighted by atomic mass is 9.97. The number of nitrogens with zero attached hydrogens (tertiary/aromatic N) is 3. The maximum atomic E-state index is 14.0. The number of benzene rings is 5. The molecule has 0 amide bonds. The van der Waals surface area contributed by atoms with Crippen molar-refractivity contribution in [1.82, 2.24) is 14.0 Å². The average Bonchev–Trinajstić information content (AvgIpc) is 3.42. The molecule has 0 fully saturated rings. The highest BCUT2D eigenvalue weighted by molar-refractivity contribution is 6.21. The maximum absolute atomic E-state index is 14.0. The van der Waals surface area contributed by atoms with E-state index in [2.05, 4.69) is 9.72 Å². The highest BCUT2D eigenvalue weighted by Gasteiger charge is 2.22. The molecule has 0 saturated carbocycles. The third kappa shape index (κ3) is 3.61. The number of nitrogens with two attached hydrogens (primary N) is 1. The maximum Gasteiger partial charge on any atom is 0.261 e. The number of hydrogen-bond acceptors (Lipinski definition) is 5. The summed E-state index contributed by atoms with van der Waals surface area (Å²) in [5, 5.41) is 6.81. The van der Waals surface area contributed by atoms with E-state index >= 15 is 0 Å². The first-order valence-electron chi connectivity index (χ1n) is 13.9. The van der Waals surface area contributed by atoms with Crippen molar-refractivity contribution >= 4 is 54.8 Å². The largest absolute Gasteiger partial charge is 0.366 e. The zero-order chi connectivity index (χ0) is 28.4. The van der Waals surface area contributed by atoms with Crippen LogP contribution in [0.25, 0.3) is 49.1 Å². The fraction of sp³-hybridized carbons (Fsp3) is 0.0571. The second kappa shape index (κ2) is 9.26. The van der Waals surface area contributed by atoms with Crippen LogP contribution < -0.4 is 22.2 Å². The van der Waals surface area contributed by atoms with Crippen LogP contribution >= 0.6 is 0 Å². The van der Waals surface area contributed by atoms with Crippen LogP contribution in [0.4, 0.5) is 5.69 Å². The van der Waals surface area contributed by atoms with Gasteiger partial charge in [0.15, 0.2) is 0 Å². The Balaban J connectivity index is 1.48. The molecule has 7 nitrogen and oxygen atoms in total. The quantitative estimate of drug-likeness (QED) is 0.156. The molecule has 0 radical (unpaired) electrons. The number of hydrogen-bond donors (Lipinski definition) is 2. The molecule has 8 aromatic rings. The molecule has 0 spiro atoms. The molecule has 7 heteroatoms. The molecule has 42 heavy (non-hydrogen) atoms. The molecule has 3 N–H and O–H groups in total. The predicted molar refractivity (Wildman–Crippen MR) is 169 cm³/mol. The summed E-state index contributed by atoms with van der Waals surface area (Å²) in [6.07, 6.45) is -0.563. The Morgan fingerprint density at radius 2 is 1.38 bits per heavy atom. The van der Waals surface area contributed by atoms with Crippen molar-refractivity contribution in [3.05, 3.63) is 147 Å². The van der Waals surface area contributed by atoms with E-state index in [1.807, 2.05) is 109 Å². The van der Waals surface area contributed by atoms with Crippen LogP contribution in [0.15, 0.2) is 125 Å². The van der Waals surface area contributed by atoms with Crippen molar-refractivity contribution in [2.75, 3.05) is 5.32 Å². The Morgan fingerprint density at radius 3 is 2.19 bits per heavy atom. The molecule has 202 valence electrons. The van der Waals surface area contributed by atoms with E-state index in [9.17, 15) is 9.59 Å². The third-order valence-electron chi connectivity index (χ3n) is 8.11. The lowest BCUT2D eigenvalue weighted by Crippen LogP contribution is -2.33. The molecule has 8 rings (SSSR count). The molecule has 0 aliphatic rings. The van der Waals surface area contributed by atoms with Gasteiger partial charge in [-0.3, -0.25) is 18.6 Å². The molecular formula is C35H25N5O2. The molecule has 0 bridgehead atoms. The first-order valence-corrected chi connectivity index (χ1v) is 13.9. The fourth-order valence-electron chi connectivity index (χ4n) is 6.17. The number of pyridine rings is 2. The number of rotatable bonds is 5. The van der Waals surface area contributed by atoms with E-state index in [1.165, 1.54) is 4.57 Å². The van der Waals surface area contributed by atoms with Gasteiger partial charge in [-0.15, -0.1) is 0 Å². The molecule has 0 saturated heterocycles. The minimum Gasteiger partial charge on any atom is -0.366 e. The molecule has 3 aromatic heterocycles. The Kier molecular flexibility index (Phi) is 5.35. The van der Waals surface area contributed by atoms with Gasteiger partial charge in [-0.25, -0.2) is 4.98 Å². The van der Waals surface area contributed by atoms with Crippen LogP contribution in [-0.4, -0.2) is 14.0 Å². The van der Waals surface area contributed by atoms with E-state index in [-0.39, 0.29) is 17.7 Å². The Hall–Kier alpha value is -5.53. The fourth-order valence-corrected chi connectivity index (χ4v) is 6.17. The lowest BCUT2D eigenvalue weighted by Gasteiger charge is -2.19. The SMILES string of the molecule is NC(Nc1ccccc1)c1cc2c3cccc4c(=O)n(Cc5ccccc5)c(=O)c(cc2n2c1nc1ccccc12)c43. The smallest absolute Gasteiger partial charge is 0.261 e. The molecule has 1 atom stereocenters. The summed E-state index contributed by atoms with van der Waals surface area (Å²) in [5.41, 5.74) is 12.1. The first-order chi connectivity index (χ1) is 20.6. The Morgan fingerprint density at radius 1 is 0.690 bits per heavy atom. The van der Waals surface area contributed by atoms with Gasteiger partial charge in [-0.1, -0.05) is 72.8 Å². The number of fused-ring (bicyclic) bond motifs is 6. The van der Waals surface area contributed by atoms with E-state index in [0.29, 0.717) is 21.8 Å². The van der Waals surface area contributed by atoms with Crippen molar-refractivity contribution in [3.8, 4) is 0 Å². The average molecular weight is 548 g/mol. The molecule has 5 aromatic carbocycles. The van der Waals surface area contributed by atoms with Gasteiger partial charge in [0.1, 0.15) is 11.8 Å². The van der Waals surface area contributed by atoms with E-state index in [4.69, 9.17) is 10.7 Å².